The van der Waals surface area contributed by atoms with E-state index in [-0.39, 0.29) is 0 Å². The summed E-state index contributed by atoms with van der Waals surface area (Å²) in [6, 6.07) is 8.06. The summed E-state index contributed by atoms with van der Waals surface area (Å²) in [6.07, 6.45) is 1.43. The molecule has 0 aliphatic heterocycles. The summed E-state index contributed by atoms with van der Waals surface area (Å²) < 4.78 is 11.0. The van der Waals surface area contributed by atoms with Crippen molar-refractivity contribution in [2.45, 2.75) is 5.33 Å². The van der Waals surface area contributed by atoms with E-state index in [1.165, 1.54) is 20.5 Å². The van der Waals surface area contributed by atoms with Crippen LogP contribution in [-0.4, -0.2) is 20.2 Å². The normalized spacial score (nSPS) is 11.6. The Morgan fingerprint density at radius 3 is 2.74 bits per heavy atom. The van der Waals surface area contributed by atoms with E-state index in [4.69, 9.17) is 9.47 Å². The maximum Gasteiger partial charge on any atom is 0.342 e. The Morgan fingerprint density at radius 2 is 2.11 bits per heavy atom. The molecule has 0 saturated heterocycles. The number of carbonyl (C=O) groups is 1. The summed E-state index contributed by atoms with van der Waals surface area (Å²) in [5.74, 6) is -0.393. The molecule has 0 saturated carbocycles. The molecule has 0 aliphatic carbocycles. The van der Waals surface area contributed by atoms with E-state index in [1.54, 1.807) is 11.3 Å². The largest absolute Gasteiger partial charge is 0.503 e. The lowest BCUT2D eigenvalue weighted by atomic mass is 10.1. The number of halogens is 1. The van der Waals surface area contributed by atoms with Gasteiger partial charge in [0, 0.05) is 14.9 Å². The van der Waals surface area contributed by atoms with Gasteiger partial charge in [-0.05, 0) is 17.0 Å². The zero-order chi connectivity index (χ0) is 13.8. The molecule has 19 heavy (non-hydrogen) atoms. The molecule has 0 unspecified atom stereocenters. The smallest absolute Gasteiger partial charge is 0.342 e. The monoisotopic (exact) mass is 340 g/mol. The topological polar surface area (TPSA) is 35.5 Å². The Balaban J connectivity index is 2.66. The molecule has 2 rings (SSSR count). The van der Waals surface area contributed by atoms with Gasteiger partial charge in [-0.15, -0.1) is 11.3 Å². The minimum Gasteiger partial charge on any atom is -0.503 e. The highest BCUT2D eigenvalue weighted by Crippen LogP contribution is 2.37. The summed E-state index contributed by atoms with van der Waals surface area (Å²) in [7, 11) is 2.89. The number of alkyl halides is 1. The summed E-state index contributed by atoms with van der Waals surface area (Å²) >= 11 is 5.05. The Morgan fingerprint density at radius 1 is 1.37 bits per heavy atom. The van der Waals surface area contributed by atoms with Crippen LogP contribution in [0.15, 0.2) is 30.5 Å². The first-order chi connectivity index (χ1) is 9.22. The van der Waals surface area contributed by atoms with Crippen LogP contribution in [0, 0.1) is 0 Å². The lowest BCUT2D eigenvalue weighted by Gasteiger charge is -2.05. The number of hydrogen-bond acceptors (Lipinski definition) is 4. The third-order valence-electron chi connectivity index (χ3n) is 2.72. The fraction of sp³-hybridized carbons (Fsp3) is 0.214. The molecule has 0 atom stereocenters. The zero-order valence-electron chi connectivity index (χ0n) is 10.6. The highest BCUT2D eigenvalue weighted by molar-refractivity contribution is 9.08. The third-order valence-corrected chi connectivity index (χ3v) is 4.52. The summed E-state index contributed by atoms with van der Waals surface area (Å²) in [6.45, 7) is 0. The average Bonchev–Trinajstić information content (AvgIpc) is 2.82. The van der Waals surface area contributed by atoms with Crippen LogP contribution in [-0.2, 0) is 19.6 Å². The fourth-order valence-corrected chi connectivity index (χ4v) is 3.85. The summed E-state index contributed by atoms with van der Waals surface area (Å²) in [5, 5.41) is 1.81. The SMILES string of the molecule is COC=C(C(=O)OC)c1sc2ccccc2c1CBr. The van der Waals surface area contributed by atoms with Crippen LogP contribution in [0.25, 0.3) is 15.7 Å². The molecule has 5 heteroatoms. The van der Waals surface area contributed by atoms with Crippen molar-refractivity contribution in [3.63, 3.8) is 0 Å². The first kappa shape index (κ1) is 14.1. The average molecular weight is 341 g/mol. The van der Waals surface area contributed by atoms with Crippen LogP contribution >= 0.6 is 27.3 Å². The molecule has 0 fully saturated rings. The number of esters is 1. The Labute approximate surface area is 124 Å². The number of rotatable bonds is 4. The molecule has 1 aromatic heterocycles. The van der Waals surface area contributed by atoms with Crippen molar-refractivity contribution in [1.29, 1.82) is 0 Å². The van der Waals surface area contributed by atoms with Crippen molar-refractivity contribution < 1.29 is 14.3 Å². The summed E-state index contributed by atoms with van der Waals surface area (Å²) in [4.78, 5) is 12.7. The Kier molecular flexibility index (Phi) is 4.61. The minimum atomic E-state index is -0.393. The highest BCUT2D eigenvalue weighted by Gasteiger charge is 2.20. The van der Waals surface area contributed by atoms with Crippen LogP contribution in [0.3, 0.4) is 0 Å². The van der Waals surface area contributed by atoms with Crippen molar-refractivity contribution in [3.8, 4) is 0 Å². The van der Waals surface area contributed by atoms with Crippen molar-refractivity contribution in [3.05, 3.63) is 41.0 Å². The third kappa shape index (κ3) is 2.67. The molecule has 3 nitrogen and oxygen atoms in total. The van der Waals surface area contributed by atoms with E-state index >= 15 is 0 Å². The van der Waals surface area contributed by atoms with E-state index < -0.39 is 5.97 Å². The molecule has 2 aromatic rings. The molecule has 1 aromatic carbocycles. The van der Waals surface area contributed by atoms with Crippen molar-refractivity contribution >= 4 is 48.9 Å². The first-order valence-corrected chi connectivity index (χ1v) is 7.54. The number of fused-ring (bicyclic) bond motifs is 1. The van der Waals surface area contributed by atoms with Gasteiger partial charge in [0.25, 0.3) is 0 Å². The number of carbonyl (C=O) groups excluding carboxylic acids is 1. The van der Waals surface area contributed by atoms with Crippen LogP contribution in [0.5, 0.6) is 0 Å². The molecule has 0 amide bonds. The molecule has 0 radical (unpaired) electrons. The van der Waals surface area contributed by atoms with E-state index in [1.807, 2.05) is 24.3 Å². The number of methoxy groups -OCH3 is 2. The molecule has 100 valence electrons. The van der Waals surface area contributed by atoms with Gasteiger partial charge in [-0.1, -0.05) is 34.1 Å². The first-order valence-electron chi connectivity index (χ1n) is 5.61. The van der Waals surface area contributed by atoms with Crippen LogP contribution < -0.4 is 0 Å². The molecule has 0 bridgehead atoms. The maximum atomic E-state index is 11.9. The predicted octanol–water partition coefficient (Wildman–Crippen LogP) is 3.96. The van der Waals surface area contributed by atoms with Gasteiger partial charge in [0.15, 0.2) is 0 Å². The molecule has 0 N–H and O–H groups in total. The second kappa shape index (κ2) is 6.21. The number of hydrogen-bond donors (Lipinski definition) is 0. The standard InChI is InChI=1S/C14H13BrO3S/c1-17-8-11(14(16)18-2)13-10(7-15)9-5-3-4-6-12(9)19-13/h3-6,8H,7H2,1-2H3. The van der Waals surface area contributed by atoms with Gasteiger partial charge in [0.2, 0.25) is 0 Å². The van der Waals surface area contributed by atoms with Crippen molar-refractivity contribution in [2.75, 3.05) is 14.2 Å². The number of benzene rings is 1. The minimum absolute atomic E-state index is 0.393. The summed E-state index contributed by atoms with van der Waals surface area (Å²) in [5.41, 5.74) is 1.52. The van der Waals surface area contributed by atoms with Gasteiger partial charge in [-0.3, -0.25) is 0 Å². The quantitative estimate of drug-likeness (QED) is 0.366. The Bertz CT molecular complexity index is 631. The lowest BCUT2D eigenvalue weighted by Crippen LogP contribution is -2.04. The second-order valence-corrected chi connectivity index (χ2v) is 5.41. The van der Waals surface area contributed by atoms with Crippen LogP contribution in [0.4, 0.5) is 0 Å². The van der Waals surface area contributed by atoms with E-state index in [0.29, 0.717) is 10.9 Å². The lowest BCUT2D eigenvalue weighted by molar-refractivity contribution is -0.133. The van der Waals surface area contributed by atoms with E-state index in [0.717, 1.165) is 20.5 Å². The molecular formula is C14H13BrO3S. The molecular weight excluding hydrogens is 328 g/mol. The predicted molar refractivity (Wildman–Crippen MR) is 81.5 cm³/mol. The van der Waals surface area contributed by atoms with Gasteiger partial charge in [0.1, 0.15) is 5.57 Å². The molecule has 0 aliphatic rings. The van der Waals surface area contributed by atoms with Gasteiger partial charge in [0.05, 0.1) is 20.5 Å². The second-order valence-electron chi connectivity index (χ2n) is 3.80. The van der Waals surface area contributed by atoms with Gasteiger partial charge < -0.3 is 9.47 Å². The van der Waals surface area contributed by atoms with E-state index in [2.05, 4.69) is 15.9 Å². The van der Waals surface area contributed by atoms with Crippen molar-refractivity contribution in [1.82, 2.24) is 0 Å². The van der Waals surface area contributed by atoms with Crippen molar-refractivity contribution in [2.24, 2.45) is 0 Å². The zero-order valence-corrected chi connectivity index (χ0v) is 13.0. The number of thiophene rings is 1. The number of ether oxygens (including phenoxy) is 2. The van der Waals surface area contributed by atoms with Gasteiger partial charge >= 0.3 is 5.97 Å². The highest BCUT2D eigenvalue weighted by atomic mass is 79.9. The van der Waals surface area contributed by atoms with Crippen LogP contribution in [0.2, 0.25) is 0 Å². The van der Waals surface area contributed by atoms with Crippen LogP contribution in [0.1, 0.15) is 10.4 Å². The van der Waals surface area contributed by atoms with E-state index in [9.17, 15) is 4.79 Å². The molecule has 0 spiro atoms. The Hall–Kier alpha value is -1.33. The molecule has 1 heterocycles. The fourth-order valence-electron chi connectivity index (χ4n) is 1.87. The maximum absolute atomic E-state index is 11.9. The van der Waals surface area contributed by atoms with Gasteiger partial charge in [-0.2, -0.15) is 0 Å². The van der Waals surface area contributed by atoms with Gasteiger partial charge in [-0.25, -0.2) is 4.79 Å².